The standard InChI is InChI=1S/C11H16N4O/c1-16-8-7-15(6-2-5-12)11-4-3-10(13)9-14-11/h3-4,9H,2,6-8,13H2,1H3. The van der Waals surface area contributed by atoms with Gasteiger partial charge < -0.3 is 15.4 Å². The molecule has 16 heavy (non-hydrogen) atoms. The van der Waals surface area contributed by atoms with E-state index in [9.17, 15) is 0 Å². The normalized spacial score (nSPS) is 9.75. The van der Waals surface area contributed by atoms with E-state index in [1.165, 1.54) is 0 Å². The van der Waals surface area contributed by atoms with Crippen molar-refractivity contribution in [3.63, 3.8) is 0 Å². The highest BCUT2D eigenvalue weighted by Crippen LogP contribution is 2.12. The van der Waals surface area contributed by atoms with Crippen LogP contribution in [0.4, 0.5) is 11.5 Å². The van der Waals surface area contributed by atoms with Crippen molar-refractivity contribution < 1.29 is 4.74 Å². The van der Waals surface area contributed by atoms with Crippen LogP contribution in [0.25, 0.3) is 0 Å². The van der Waals surface area contributed by atoms with E-state index in [-0.39, 0.29) is 0 Å². The summed E-state index contributed by atoms with van der Waals surface area (Å²) in [7, 11) is 1.65. The van der Waals surface area contributed by atoms with Gasteiger partial charge in [-0.25, -0.2) is 4.98 Å². The molecule has 0 bridgehead atoms. The number of nitrogens with two attached hydrogens (primary N) is 1. The molecule has 0 aliphatic rings. The average molecular weight is 220 g/mol. The van der Waals surface area contributed by atoms with Crippen molar-refractivity contribution in [3.05, 3.63) is 18.3 Å². The van der Waals surface area contributed by atoms with E-state index in [1.54, 1.807) is 19.4 Å². The summed E-state index contributed by atoms with van der Waals surface area (Å²) in [5, 5.41) is 8.58. The van der Waals surface area contributed by atoms with E-state index in [4.69, 9.17) is 15.7 Å². The fourth-order valence-electron chi connectivity index (χ4n) is 1.31. The molecular weight excluding hydrogens is 204 g/mol. The molecule has 1 aromatic heterocycles. The second-order valence-corrected chi connectivity index (χ2v) is 3.34. The molecule has 0 unspecified atom stereocenters. The lowest BCUT2D eigenvalue weighted by atomic mass is 10.3. The van der Waals surface area contributed by atoms with Crippen LogP contribution in [-0.4, -0.2) is 31.8 Å². The number of ether oxygens (including phenoxy) is 1. The molecule has 0 fully saturated rings. The lowest BCUT2D eigenvalue weighted by Gasteiger charge is -2.22. The highest BCUT2D eigenvalue weighted by Gasteiger charge is 2.06. The van der Waals surface area contributed by atoms with Gasteiger partial charge in [0.2, 0.25) is 0 Å². The highest BCUT2D eigenvalue weighted by atomic mass is 16.5. The SMILES string of the molecule is COCCN(CCC#N)c1ccc(N)cn1. The summed E-state index contributed by atoms with van der Waals surface area (Å²) in [4.78, 5) is 6.23. The van der Waals surface area contributed by atoms with Gasteiger partial charge in [-0.3, -0.25) is 0 Å². The molecule has 5 nitrogen and oxygen atoms in total. The molecule has 0 atom stereocenters. The second-order valence-electron chi connectivity index (χ2n) is 3.34. The van der Waals surface area contributed by atoms with Crippen LogP contribution < -0.4 is 10.6 Å². The molecule has 86 valence electrons. The highest BCUT2D eigenvalue weighted by molar-refractivity contribution is 5.45. The number of nitriles is 1. The minimum Gasteiger partial charge on any atom is -0.397 e. The molecule has 0 saturated carbocycles. The lowest BCUT2D eigenvalue weighted by Crippen LogP contribution is -2.28. The van der Waals surface area contributed by atoms with E-state index in [1.807, 2.05) is 11.0 Å². The summed E-state index contributed by atoms with van der Waals surface area (Å²) in [5.41, 5.74) is 6.20. The number of pyridine rings is 1. The van der Waals surface area contributed by atoms with Gasteiger partial charge >= 0.3 is 0 Å². The van der Waals surface area contributed by atoms with Crippen LogP contribution in [0, 0.1) is 11.3 Å². The Labute approximate surface area is 95.4 Å². The number of rotatable bonds is 6. The largest absolute Gasteiger partial charge is 0.397 e. The third-order valence-electron chi connectivity index (χ3n) is 2.15. The van der Waals surface area contributed by atoms with Crippen LogP contribution in [0.1, 0.15) is 6.42 Å². The topological polar surface area (TPSA) is 75.2 Å². The van der Waals surface area contributed by atoms with Crippen molar-refractivity contribution in [2.75, 3.05) is 37.4 Å². The number of hydrogen-bond donors (Lipinski definition) is 1. The minimum atomic E-state index is 0.468. The Morgan fingerprint density at radius 3 is 2.88 bits per heavy atom. The van der Waals surface area contributed by atoms with Crippen LogP contribution >= 0.6 is 0 Å². The predicted molar refractivity (Wildman–Crippen MR) is 63.0 cm³/mol. The van der Waals surface area contributed by atoms with E-state index in [2.05, 4.69) is 11.1 Å². The molecule has 2 N–H and O–H groups in total. The first-order valence-electron chi connectivity index (χ1n) is 5.10. The molecule has 1 rings (SSSR count). The fraction of sp³-hybridized carbons (Fsp3) is 0.455. The van der Waals surface area contributed by atoms with Crippen molar-refractivity contribution >= 4 is 11.5 Å². The van der Waals surface area contributed by atoms with Gasteiger partial charge in [0, 0.05) is 20.2 Å². The zero-order chi connectivity index (χ0) is 11.8. The predicted octanol–water partition coefficient (Wildman–Crippen LogP) is 1.03. The third kappa shape index (κ3) is 3.75. The molecule has 0 saturated heterocycles. The molecule has 0 amide bonds. The average Bonchev–Trinajstić information content (AvgIpc) is 2.31. The van der Waals surface area contributed by atoms with Gasteiger partial charge in [0.1, 0.15) is 5.82 Å². The number of aromatic nitrogens is 1. The maximum absolute atomic E-state index is 8.58. The van der Waals surface area contributed by atoms with Gasteiger partial charge in [0.05, 0.1) is 31.0 Å². The van der Waals surface area contributed by atoms with Crippen molar-refractivity contribution in [2.45, 2.75) is 6.42 Å². The van der Waals surface area contributed by atoms with Crippen LogP contribution in [0.2, 0.25) is 0 Å². The third-order valence-corrected chi connectivity index (χ3v) is 2.15. The Morgan fingerprint density at radius 1 is 1.50 bits per heavy atom. The zero-order valence-corrected chi connectivity index (χ0v) is 9.39. The monoisotopic (exact) mass is 220 g/mol. The zero-order valence-electron chi connectivity index (χ0n) is 9.39. The van der Waals surface area contributed by atoms with Crippen LogP contribution in [0.15, 0.2) is 18.3 Å². The summed E-state index contributed by atoms with van der Waals surface area (Å²) in [6, 6.07) is 5.77. The fourth-order valence-corrected chi connectivity index (χ4v) is 1.31. The molecule has 5 heteroatoms. The maximum atomic E-state index is 8.58. The first-order chi connectivity index (χ1) is 7.77. The molecule has 1 aromatic rings. The molecule has 0 aliphatic carbocycles. The van der Waals surface area contributed by atoms with E-state index < -0.39 is 0 Å². The number of methoxy groups -OCH3 is 1. The Morgan fingerprint density at radius 2 is 2.31 bits per heavy atom. The maximum Gasteiger partial charge on any atom is 0.128 e. The molecule has 0 aliphatic heterocycles. The number of hydrogen-bond acceptors (Lipinski definition) is 5. The van der Waals surface area contributed by atoms with Crippen LogP contribution in [-0.2, 0) is 4.74 Å². The summed E-state index contributed by atoms with van der Waals surface area (Å²) < 4.78 is 5.02. The van der Waals surface area contributed by atoms with Gasteiger partial charge in [-0.2, -0.15) is 5.26 Å². The van der Waals surface area contributed by atoms with Gasteiger partial charge in [-0.15, -0.1) is 0 Å². The molecule has 0 aromatic carbocycles. The first-order valence-corrected chi connectivity index (χ1v) is 5.10. The van der Waals surface area contributed by atoms with E-state index in [0.717, 1.165) is 12.4 Å². The summed E-state index contributed by atoms with van der Waals surface area (Å²) in [6.07, 6.45) is 2.08. The van der Waals surface area contributed by atoms with Crippen LogP contribution in [0.5, 0.6) is 0 Å². The molecule has 1 heterocycles. The first kappa shape index (κ1) is 12.3. The number of anilines is 2. The summed E-state index contributed by atoms with van der Waals surface area (Å²) in [6.45, 7) is 1.98. The van der Waals surface area contributed by atoms with Crippen molar-refractivity contribution in [3.8, 4) is 6.07 Å². The lowest BCUT2D eigenvalue weighted by molar-refractivity contribution is 0.205. The van der Waals surface area contributed by atoms with Crippen molar-refractivity contribution in [1.29, 1.82) is 5.26 Å². The van der Waals surface area contributed by atoms with Gasteiger partial charge in [-0.1, -0.05) is 0 Å². The summed E-state index contributed by atoms with van der Waals surface area (Å²) >= 11 is 0. The number of nitrogens with zero attached hydrogens (tertiary/aromatic N) is 3. The van der Waals surface area contributed by atoms with Gasteiger partial charge in [-0.05, 0) is 12.1 Å². The van der Waals surface area contributed by atoms with Gasteiger partial charge in [0.25, 0.3) is 0 Å². The molecule has 0 radical (unpaired) electrons. The Kier molecular flexibility index (Phi) is 5.09. The minimum absolute atomic E-state index is 0.468. The Bertz CT molecular complexity index is 344. The van der Waals surface area contributed by atoms with E-state index >= 15 is 0 Å². The number of nitrogen functional groups attached to an aromatic ring is 1. The van der Waals surface area contributed by atoms with Crippen LogP contribution in [0.3, 0.4) is 0 Å². The van der Waals surface area contributed by atoms with Gasteiger partial charge in [0.15, 0.2) is 0 Å². The Hall–Kier alpha value is -1.80. The molecule has 0 spiro atoms. The van der Waals surface area contributed by atoms with Crippen molar-refractivity contribution in [1.82, 2.24) is 4.98 Å². The Balaban J connectivity index is 2.67. The van der Waals surface area contributed by atoms with Crippen molar-refractivity contribution in [2.24, 2.45) is 0 Å². The summed E-state index contributed by atoms with van der Waals surface area (Å²) in [5.74, 6) is 0.821. The smallest absolute Gasteiger partial charge is 0.128 e. The second kappa shape index (κ2) is 6.64. The van der Waals surface area contributed by atoms with E-state index in [0.29, 0.717) is 25.3 Å². The quantitative estimate of drug-likeness (QED) is 0.775. The molecular formula is C11H16N4O.